The summed E-state index contributed by atoms with van der Waals surface area (Å²) in [7, 11) is 0. The summed E-state index contributed by atoms with van der Waals surface area (Å²) < 4.78 is 0. The van der Waals surface area contributed by atoms with E-state index in [1.165, 1.54) is 6.42 Å². The first-order valence-electron chi connectivity index (χ1n) is 6.41. The van der Waals surface area contributed by atoms with Crippen molar-refractivity contribution >= 4 is 5.97 Å². The Kier molecular flexibility index (Phi) is 2.81. The van der Waals surface area contributed by atoms with Crippen LogP contribution in [-0.4, -0.2) is 26.5 Å². The molecule has 1 aliphatic carbocycles. The van der Waals surface area contributed by atoms with E-state index in [0.717, 1.165) is 29.5 Å². The number of benzene rings is 1. The SMILES string of the molecule is Cc1c(C(=O)O)cc(-c2cn[nH]n2)cc1C1CCC1. The van der Waals surface area contributed by atoms with Crippen molar-refractivity contribution in [2.24, 2.45) is 0 Å². The van der Waals surface area contributed by atoms with Crippen LogP contribution in [0.4, 0.5) is 0 Å². The van der Waals surface area contributed by atoms with E-state index >= 15 is 0 Å². The largest absolute Gasteiger partial charge is 0.478 e. The molecule has 0 aliphatic heterocycles. The number of aromatic carboxylic acids is 1. The minimum absolute atomic E-state index is 0.363. The molecule has 1 aromatic carbocycles. The molecular formula is C14H15N3O2. The summed E-state index contributed by atoms with van der Waals surface area (Å²) in [5, 5.41) is 19.7. The zero-order valence-electron chi connectivity index (χ0n) is 10.7. The Balaban J connectivity index is 2.15. The van der Waals surface area contributed by atoms with Crippen LogP contribution in [0, 0.1) is 6.92 Å². The van der Waals surface area contributed by atoms with Gasteiger partial charge in [-0.25, -0.2) is 4.79 Å². The van der Waals surface area contributed by atoms with E-state index in [1.807, 2.05) is 6.92 Å². The topological polar surface area (TPSA) is 78.9 Å². The number of hydrogen-bond acceptors (Lipinski definition) is 3. The quantitative estimate of drug-likeness (QED) is 0.886. The molecule has 0 bridgehead atoms. The fourth-order valence-electron chi connectivity index (χ4n) is 2.59. The number of nitrogens with zero attached hydrogens (tertiary/aromatic N) is 2. The minimum atomic E-state index is -0.886. The van der Waals surface area contributed by atoms with E-state index in [1.54, 1.807) is 12.3 Å². The molecule has 2 N–H and O–H groups in total. The average Bonchev–Trinajstić information content (AvgIpc) is 2.82. The summed E-state index contributed by atoms with van der Waals surface area (Å²) in [5.41, 5.74) is 3.89. The van der Waals surface area contributed by atoms with Crippen molar-refractivity contribution in [2.45, 2.75) is 32.1 Å². The van der Waals surface area contributed by atoms with E-state index in [4.69, 9.17) is 0 Å². The first kappa shape index (κ1) is 11.9. The lowest BCUT2D eigenvalue weighted by molar-refractivity contribution is 0.0696. The summed E-state index contributed by atoms with van der Waals surface area (Å²) >= 11 is 0. The van der Waals surface area contributed by atoms with Crippen molar-refractivity contribution in [1.82, 2.24) is 15.4 Å². The minimum Gasteiger partial charge on any atom is -0.478 e. The summed E-state index contributed by atoms with van der Waals surface area (Å²) in [5.74, 6) is -0.395. The Hall–Kier alpha value is -2.17. The Morgan fingerprint density at radius 2 is 2.21 bits per heavy atom. The van der Waals surface area contributed by atoms with Gasteiger partial charge in [0.1, 0.15) is 5.69 Å². The lowest BCUT2D eigenvalue weighted by Crippen LogP contribution is -2.13. The second-order valence-electron chi connectivity index (χ2n) is 5.03. The molecule has 1 aromatic heterocycles. The van der Waals surface area contributed by atoms with Gasteiger partial charge in [0.15, 0.2) is 0 Å². The molecule has 0 spiro atoms. The Bertz CT molecular complexity index is 616. The molecule has 1 fully saturated rings. The molecule has 0 saturated heterocycles. The van der Waals surface area contributed by atoms with Crippen molar-refractivity contribution in [3.63, 3.8) is 0 Å². The molecule has 0 atom stereocenters. The normalized spacial score (nSPS) is 15.2. The second-order valence-corrected chi connectivity index (χ2v) is 5.03. The molecule has 3 rings (SSSR count). The summed E-state index contributed by atoms with van der Waals surface area (Å²) in [4.78, 5) is 11.4. The van der Waals surface area contributed by atoms with Gasteiger partial charge in [0.25, 0.3) is 0 Å². The number of rotatable bonds is 3. The van der Waals surface area contributed by atoms with Crippen LogP contribution in [0.25, 0.3) is 11.3 Å². The standard InChI is InChI=1S/C14H15N3O2/c1-8-11(9-3-2-4-9)5-10(6-12(8)14(18)19)13-7-15-17-16-13/h5-7,9H,2-4H2,1H3,(H,18,19)(H,15,16,17). The molecule has 0 radical (unpaired) electrons. The third-order valence-electron chi connectivity index (χ3n) is 3.93. The van der Waals surface area contributed by atoms with Crippen LogP contribution in [-0.2, 0) is 0 Å². The fraction of sp³-hybridized carbons (Fsp3) is 0.357. The van der Waals surface area contributed by atoms with E-state index < -0.39 is 5.97 Å². The predicted molar refractivity (Wildman–Crippen MR) is 70.1 cm³/mol. The molecular weight excluding hydrogens is 242 g/mol. The highest BCUT2D eigenvalue weighted by Gasteiger charge is 2.24. The molecule has 19 heavy (non-hydrogen) atoms. The second kappa shape index (κ2) is 4.50. The van der Waals surface area contributed by atoms with Gasteiger partial charge in [0.05, 0.1) is 11.8 Å². The zero-order chi connectivity index (χ0) is 13.4. The van der Waals surface area contributed by atoms with Crippen LogP contribution in [0.15, 0.2) is 18.3 Å². The highest BCUT2D eigenvalue weighted by Crippen LogP contribution is 2.40. The number of aromatic amines is 1. The molecule has 2 aromatic rings. The van der Waals surface area contributed by atoms with Gasteiger partial charge in [0, 0.05) is 5.56 Å². The van der Waals surface area contributed by atoms with Crippen LogP contribution in [0.3, 0.4) is 0 Å². The number of nitrogens with one attached hydrogen (secondary N) is 1. The first-order chi connectivity index (χ1) is 9.16. The van der Waals surface area contributed by atoms with Gasteiger partial charge in [-0.3, -0.25) is 0 Å². The van der Waals surface area contributed by atoms with Gasteiger partial charge in [-0.05, 0) is 48.9 Å². The van der Waals surface area contributed by atoms with Gasteiger partial charge in [-0.2, -0.15) is 15.4 Å². The molecule has 1 heterocycles. The zero-order valence-corrected chi connectivity index (χ0v) is 10.7. The number of carboxylic acids is 1. The van der Waals surface area contributed by atoms with Crippen molar-refractivity contribution in [3.05, 3.63) is 35.0 Å². The first-order valence-corrected chi connectivity index (χ1v) is 6.41. The highest BCUT2D eigenvalue weighted by molar-refractivity contribution is 5.91. The van der Waals surface area contributed by atoms with Crippen molar-refractivity contribution in [1.29, 1.82) is 0 Å². The fourth-order valence-corrected chi connectivity index (χ4v) is 2.59. The molecule has 98 valence electrons. The molecule has 1 aliphatic rings. The number of carbonyl (C=O) groups is 1. The molecule has 5 heteroatoms. The van der Waals surface area contributed by atoms with Crippen LogP contribution in [0.1, 0.15) is 46.7 Å². The van der Waals surface area contributed by atoms with E-state index in [9.17, 15) is 9.90 Å². The summed E-state index contributed by atoms with van der Waals surface area (Å²) in [6.45, 7) is 1.89. The summed E-state index contributed by atoms with van der Waals surface area (Å²) in [6.07, 6.45) is 5.12. The predicted octanol–water partition coefficient (Wildman–Crippen LogP) is 2.75. The maximum Gasteiger partial charge on any atom is 0.335 e. The average molecular weight is 257 g/mol. The van der Waals surface area contributed by atoms with Crippen LogP contribution in [0.5, 0.6) is 0 Å². The Morgan fingerprint density at radius 1 is 1.42 bits per heavy atom. The highest BCUT2D eigenvalue weighted by atomic mass is 16.4. The van der Waals surface area contributed by atoms with Crippen LogP contribution in [0.2, 0.25) is 0 Å². The van der Waals surface area contributed by atoms with E-state index in [2.05, 4.69) is 21.5 Å². The monoisotopic (exact) mass is 257 g/mol. The van der Waals surface area contributed by atoms with E-state index in [0.29, 0.717) is 17.2 Å². The Morgan fingerprint density at radius 3 is 2.74 bits per heavy atom. The number of hydrogen-bond donors (Lipinski definition) is 2. The number of carboxylic acid groups (broad SMARTS) is 1. The maximum absolute atomic E-state index is 11.4. The van der Waals surface area contributed by atoms with Crippen molar-refractivity contribution in [2.75, 3.05) is 0 Å². The third-order valence-corrected chi connectivity index (χ3v) is 3.93. The molecule has 0 unspecified atom stereocenters. The smallest absolute Gasteiger partial charge is 0.335 e. The van der Waals surface area contributed by atoms with Gasteiger partial charge in [0.2, 0.25) is 0 Å². The van der Waals surface area contributed by atoms with Crippen molar-refractivity contribution < 1.29 is 9.90 Å². The van der Waals surface area contributed by atoms with Gasteiger partial charge in [-0.15, -0.1) is 0 Å². The molecule has 0 amide bonds. The lowest BCUT2D eigenvalue weighted by Gasteiger charge is -2.28. The third kappa shape index (κ3) is 2.01. The molecule has 1 saturated carbocycles. The van der Waals surface area contributed by atoms with Crippen molar-refractivity contribution in [3.8, 4) is 11.3 Å². The molecule has 5 nitrogen and oxygen atoms in total. The number of H-pyrrole nitrogens is 1. The van der Waals surface area contributed by atoms with Crippen LogP contribution < -0.4 is 0 Å². The van der Waals surface area contributed by atoms with Gasteiger partial charge in [-0.1, -0.05) is 6.42 Å². The van der Waals surface area contributed by atoms with Gasteiger partial charge >= 0.3 is 5.97 Å². The lowest BCUT2D eigenvalue weighted by atomic mass is 9.77. The Labute approximate surface area is 110 Å². The number of aromatic nitrogens is 3. The van der Waals surface area contributed by atoms with Crippen LogP contribution >= 0.6 is 0 Å². The maximum atomic E-state index is 11.4. The van der Waals surface area contributed by atoms with E-state index in [-0.39, 0.29) is 0 Å². The summed E-state index contributed by atoms with van der Waals surface area (Å²) in [6, 6.07) is 3.74. The van der Waals surface area contributed by atoms with Gasteiger partial charge < -0.3 is 5.11 Å².